The fourth-order valence-electron chi connectivity index (χ4n) is 2.79. The van der Waals surface area contributed by atoms with Crippen molar-refractivity contribution in [2.45, 2.75) is 64.1 Å². The van der Waals surface area contributed by atoms with Crippen LogP contribution in [0.2, 0.25) is 0 Å². The molecule has 1 aliphatic carbocycles. The maximum absolute atomic E-state index is 5.58. The van der Waals surface area contributed by atoms with Crippen LogP contribution in [0, 0.1) is 5.92 Å². The predicted molar refractivity (Wildman–Crippen MR) is 58.4 cm³/mol. The summed E-state index contributed by atoms with van der Waals surface area (Å²) in [6, 6.07) is 1.36. The Morgan fingerprint density at radius 2 is 1.79 bits per heavy atom. The minimum Gasteiger partial charge on any atom is -0.377 e. The van der Waals surface area contributed by atoms with E-state index in [2.05, 4.69) is 19.2 Å². The van der Waals surface area contributed by atoms with Crippen LogP contribution in [-0.4, -0.2) is 24.8 Å². The fraction of sp³-hybridized carbons (Fsp3) is 1.00. The third-order valence-electron chi connectivity index (χ3n) is 3.92. The molecule has 4 atom stereocenters. The molecule has 2 heteroatoms. The molecule has 2 rings (SSSR count). The maximum Gasteiger partial charge on any atom is 0.0700 e. The van der Waals surface area contributed by atoms with Crippen LogP contribution in [0.5, 0.6) is 0 Å². The quantitative estimate of drug-likeness (QED) is 0.733. The van der Waals surface area contributed by atoms with E-state index in [1.54, 1.807) is 0 Å². The normalized spacial score (nSPS) is 44.1. The van der Waals surface area contributed by atoms with Crippen LogP contribution < -0.4 is 5.32 Å². The molecule has 0 amide bonds. The van der Waals surface area contributed by atoms with Gasteiger partial charge in [0.2, 0.25) is 0 Å². The average Bonchev–Trinajstić information content (AvgIpc) is 2.56. The largest absolute Gasteiger partial charge is 0.377 e. The summed E-state index contributed by atoms with van der Waals surface area (Å²) >= 11 is 0. The minimum absolute atomic E-state index is 0.420. The highest BCUT2D eigenvalue weighted by Crippen LogP contribution is 2.25. The Labute approximate surface area is 87.4 Å². The molecule has 2 fully saturated rings. The van der Waals surface area contributed by atoms with Crippen molar-refractivity contribution < 1.29 is 4.74 Å². The van der Waals surface area contributed by atoms with Crippen molar-refractivity contribution >= 4 is 0 Å². The lowest BCUT2D eigenvalue weighted by molar-refractivity contribution is 0.106. The number of hydrogen-bond donors (Lipinski definition) is 1. The molecular weight excluding hydrogens is 174 g/mol. The Bertz CT molecular complexity index is 183. The topological polar surface area (TPSA) is 21.3 Å². The number of rotatable bonds is 2. The van der Waals surface area contributed by atoms with Crippen LogP contribution in [0.4, 0.5) is 0 Å². The van der Waals surface area contributed by atoms with Gasteiger partial charge in [0.15, 0.2) is 0 Å². The number of ether oxygens (including phenoxy) is 1. The van der Waals surface area contributed by atoms with Crippen molar-refractivity contribution in [3.05, 3.63) is 0 Å². The summed E-state index contributed by atoms with van der Waals surface area (Å²) in [4.78, 5) is 0. The van der Waals surface area contributed by atoms with Crippen molar-refractivity contribution in [1.29, 1.82) is 0 Å². The van der Waals surface area contributed by atoms with Gasteiger partial charge in [0, 0.05) is 18.7 Å². The lowest BCUT2D eigenvalue weighted by Crippen LogP contribution is -2.46. The van der Waals surface area contributed by atoms with E-state index >= 15 is 0 Å². The molecule has 1 saturated carbocycles. The Hall–Kier alpha value is -0.0800. The highest BCUT2D eigenvalue weighted by Gasteiger charge is 2.29. The highest BCUT2D eigenvalue weighted by atomic mass is 16.5. The lowest BCUT2D eigenvalue weighted by Gasteiger charge is -2.32. The SMILES string of the molecule is C[C@@H]1CCCC[C@H]1N[C@@H]1CCO[C@@H]1C. The van der Waals surface area contributed by atoms with E-state index in [-0.39, 0.29) is 0 Å². The summed E-state index contributed by atoms with van der Waals surface area (Å²) < 4.78 is 5.58. The van der Waals surface area contributed by atoms with Crippen LogP contribution in [0.25, 0.3) is 0 Å². The van der Waals surface area contributed by atoms with E-state index < -0.39 is 0 Å². The molecule has 1 N–H and O–H groups in total. The molecule has 0 aromatic rings. The first-order valence-corrected chi connectivity index (χ1v) is 6.15. The van der Waals surface area contributed by atoms with Gasteiger partial charge in [0.05, 0.1) is 6.10 Å². The Morgan fingerprint density at radius 3 is 2.43 bits per heavy atom. The van der Waals surface area contributed by atoms with Gasteiger partial charge >= 0.3 is 0 Å². The minimum atomic E-state index is 0.420. The van der Waals surface area contributed by atoms with E-state index in [0.717, 1.165) is 18.6 Å². The van der Waals surface area contributed by atoms with Crippen molar-refractivity contribution in [3.8, 4) is 0 Å². The van der Waals surface area contributed by atoms with Gasteiger partial charge in [-0.2, -0.15) is 0 Å². The molecule has 0 radical (unpaired) electrons. The second kappa shape index (κ2) is 4.63. The molecule has 1 heterocycles. The van der Waals surface area contributed by atoms with Crippen molar-refractivity contribution in [2.24, 2.45) is 5.92 Å². The second-order valence-corrected chi connectivity index (χ2v) is 5.01. The molecule has 82 valence electrons. The van der Waals surface area contributed by atoms with E-state index in [1.807, 2.05) is 0 Å². The lowest BCUT2D eigenvalue weighted by atomic mass is 9.85. The van der Waals surface area contributed by atoms with Gasteiger partial charge in [-0.15, -0.1) is 0 Å². The van der Waals surface area contributed by atoms with Gasteiger partial charge in [-0.25, -0.2) is 0 Å². The third-order valence-corrected chi connectivity index (χ3v) is 3.92. The molecule has 0 aromatic carbocycles. The van der Waals surface area contributed by atoms with Crippen LogP contribution in [-0.2, 0) is 4.74 Å². The molecule has 0 spiro atoms. The molecular formula is C12H23NO. The van der Waals surface area contributed by atoms with Gasteiger partial charge in [0.25, 0.3) is 0 Å². The first-order valence-electron chi connectivity index (χ1n) is 6.15. The zero-order chi connectivity index (χ0) is 9.97. The molecule has 0 bridgehead atoms. The Balaban J connectivity index is 1.83. The van der Waals surface area contributed by atoms with Crippen molar-refractivity contribution in [1.82, 2.24) is 5.32 Å². The van der Waals surface area contributed by atoms with Crippen molar-refractivity contribution in [3.63, 3.8) is 0 Å². The second-order valence-electron chi connectivity index (χ2n) is 5.01. The molecule has 0 unspecified atom stereocenters. The summed E-state index contributed by atoms with van der Waals surface area (Å²) in [7, 11) is 0. The average molecular weight is 197 g/mol. The fourth-order valence-corrected chi connectivity index (χ4v) is 2.79. The van der Waals surface area contributed by atoms with Gasteiger partial charge in [-0.1, -0.05) is 19.8 Å². The molecule has 14 heavy (non-hydrogen) atoms. The zero-order valence-corrected chi connectivity index (χ0v) is 9.46. The zero-order valence-electron chi connectivity index (χ0n) is 9.46. The summed E-state index contributed by atoms with van der Waals surface area (Å²) in [6.45, 7) is 5.52. The molecule has 1 saturated heterocycles. The highest BCUT2D eigenvalue weighted by molar-refractivity contribution is 4.86. The first-order chi connectivity index (χ1) is 6.77. The summed E-state index contributed by atoms with van der Waals surface area (Å²) in [5, 5.41) is 3.79. The molecule has 2 aliphatic rings. The maximum atomic E-state index is 5.58. The van der Waals surface area contributed by atoms with Crippen LogP contribution in [0.3, 0.4) is 0 Å². The van der Waals surface area contributed by atoms with Gasteiger partial charge in [-0.05, 0) is 32.1 Å². The Morgan fingerprint density at radius 1 is 1.00 bits per heavy atom. The van der Waals surface area contributed by atoms with E-state index in [0.29, 0.717) is 12.1 Å². The summed E-state index contributed by atoms with van der Waals surface area (Å²) in [6.07, 6.45) is 7.22. The van der Waals surface area contributed by atoms with E-state index in [4.69, 9.17) is 4.74 Å². The van der Waals surface area contributed by atoms with Crippen LogP contribution >= 0.6 is 0 Å². The molecule has 0 aromatic heterocycles. The molecule has 2 nitrogen and oxygen atoms in total. The third kappa shape index (κ3) is 2.29. The standard InChI is InChI=1S/C12H23NO/c1-9-5-3-4-6-11(9)13-12-7-8-14-10(12)2/h9-13H,3-8H2,1-2H3/t9-,10-,11-,12-/m1/s1. The summed E-state index contributed by atoms with van der Waals surface area (Å²) in [5.74, 6) is 0.858. The first kappa shape index (κ1) is 10.4. The smallest absolute Gasteiger partial charge is 0.0700 e. The van der Waals surface area contributed by atoms with Gasteiger partial charge in [-0.3, -0.25) is 0 Å². The van der Waals surface area contributed by atoms with Crippen LogP contribution in [0.15, 0.2) is 0 Å². The van der Waals surface area contributed by atoms with E-state index in [9.17, 15) is 0 Å². The van der Waals surface area contributed by atoms with Gasteiger partial charge < -0.3 is 10.1 Å². The van der Waals surface area contributed by atoms with Crippen LogP contribution in [0.1, 0.15) is 46.0 Å². The van der Waals surface area contributed by atoms with Crippen molar-refractivity contribution in [2.75, 3.05) is 6.61 Å². The number of nitrogens with one attached hydrogen (secondary N) is 1. The Kier molecular flexibility index (Phi) is 3.45. The summed E-state index contributed by atoms with van der Waals surface area (Å²) in [5.41, 5.74) is 0. The van der Waals surface area contributed by atoms with E-state index in [1.165, 1.54) is 32.1 Å². The molecule has 1 aliphatic heterocycles. The van der Waals surface area contributed by atoms with Gasteiger partial charge in [0.1, 0.15) is 0 Å². The predicted octanol–water partition coefficient (Wildman–Crippen LogP) is 2.33. The monoisotopic (exact) mass is 197 g/mol. The number of hydrogen-bond acceptors (Lipinski definition) is 2.